The van der Waals surface area contributed by atoms with Crippen molar-refractivity contribution in [3.8, 4) is 0 Å². The zero-order valence-corrected chi connectivity index (χ0v) is 11.8. The van der Waals surface area contributed by atoms with Gasteiger partial charge in [0.2, 0.25) is 0 Å². The van der Waals surface area contributed by atoms with Crippen LogP contribution in [-0.2, 0) is 13.0 Å². The predicted molar refractivity (Wildman–Crippen MR) is 80.6 cm³/mol. The van der Waals surface area contributed by atoms with Gasteiger partial charge in [-0.3, -0.25) is 9.78 Å². The highest BCUT2D eigenvalue weighted by atomic mass is 16.1. The van der Waals surface area contributed by atoms with E-state index in [1.165, 1.54) is 11.1 Å². The summed E-state index contributed by atoms with van der Waals surface area (Å²) in [5, 5.41) is 2.90. The molecule has 20 heavy (non-hydrogen) atoms. The van der Waals surface area contributed by atoms with Crippen molar-refractivity contribution in [1.82, 2.24) is 4.98 Å². The molecule has 0 atom stereocenters. The molecule has 0 saturated heterocycles. The summed E-state index contributed by atoms with van der Waals surface area (Å²) >= 11 is 0. The zero-order chi connectivity index (χ0) is 14.5. The Balaban J connectivity index is 2.18. The lowest BCUT2D eigenvalue weighted by atomic mass is 10.1. The Kier molecular flexibility index (Phi) is 4.48. The number of nitrogens with zero attached hydrogens (tertiary/aromatic N) is 1. The number of anilines is 1. The molecule has 4 nitrogen and oxygen atoms in total. The molecule has 0 fully saturated rings. The molecule has 0 saturated carbocycles. The third-order valence-corrected chi connectivity index (χ3v) is 3.28. The van der Waals surface area contributed by atoms with Crippen LogP contribution < -0.4 is 11.1 Å². The summed E-state index contributed by atoms with van der Waals surface area (Å²) in [5.41, 5.74) is 10.1. The monoisotopic (exact) mass is 269 g/mol. The second-order valence-electron chi connectivity index (χ2n) is 4.69. The summed E-state index contributed by atoms with van der Waals surface area (Å²) in [4.78, 5) is 16.3. The maximum Gasteiger partial charge on any atom is 0.255 e. The minimum Gasteiger partial charge on any atom is -0.325 e. The zero-order valence-electron chi connectivity index (χ0n) is 11.8. The third kappa shape index (κ3) is 3.22. The smallest absolute Gasteiger partial charge is 0.255 e. The minimum absolute atomic E-state index is 0.145. The van der Waals surface area contributed by atoms with E-state index in [0.29, 0.717) is 17.8 Å². The molecule has 0 aliphatic heterocycles. The highest BCUT2D eigenvalue weighted by Gasteiger charge is 2.08. The lowest BCUT2D eigenvalue weighted by Gasteiger charge is -2.09. The second kappa shape index (κ2) is 6.30. The van der Waals surface area contributed by atoms with Gasteiger partial charge >= 0.3 is 0 Å². The van der Waals surface area contributed by atoms with Gasteiger partial charge in [0.1, 0.15) is 0 Å². The van der Waals surface area contributed by atoms with Crippen LogP contribution in [0.1, 0.15) is 34.1 Å². The number of aryl methyl sites for hydroxylation is 2. The van der Waals surface area contributed by atoms with E-state index in [2.05, 4.69) is 24.1 Å². The van der Waals surface area contributed by atoms with Crippen LogP contribution >= 0.6 is 0 Å². The molecule has 1 aromatic carbocycles. The van der Waals surface area contributed by atoms with E-state index in [1.807, 2.05) is 18.2 Å². The Morgan fingerprint density at radius 1 is 1.30 bits per heavy atom. The SMILES string of the molecule is CCc1cc(NC(=O)c2ccnc(CN)c2)ccc1C. The molecule has 1 heterocycles. The minimum atomic E-state index is -0.145. The molecular formula is C16H19N3O. The quantitative estimate of drug-likeness (QED) is 0.896. The number of hydrogen-bond donors (Lipinski definition) is 2. The van der Waals surface area contributed by atoms with Crippen LogP contribution in [0, 0.1) is 6.92 Å². The van der Waals surface area contributed by atoms with Gasteiger partial charge in [0, 0.05) is 24.0 Å². The van der Waals surface area contributed by atoms with Gasteiger partial charge < -0.3 is 11.1 Å². The Bertz CT molecular complexity index is 623. The fourth-order valence-electron chi connectivity index (χ4n) is 2.06. The largest absolute Gasteiger partial charge is 0.325 e. The van der Waals surface area contributed by atoms with Gasteiger partial charge in [-0.1, -0.05) is 13.0 Å². The van der Waals surface area contributed by atoms with Crippen molar-refractivity contribution in [3.05, 3.63) is 58.9 Å². The second-order valence-corrected chi connectivity index (χ2v) is 4.69. The summed E-state index contributed by atoms with van der Waals surface area (Å²) in [7, 11) is 0. The van der Waals surface area contributed by atoms with Crippen molar-refractivity contribution < 1.29 is 4.79 Å². The first-order valence-electron chi connectivity index (χ1n) is 6.70. The number of benzene rings is 1. The summed E-state index contributed by atoms with van der Waals surface area (Å²) in [5.74, 6) is -0.145. The van der Waals surface area contributed by atoms with Gasteiger partial charge in [-0.25, -0.2) is 0 Å². The van der Waals surface area contributed by atoms with E-state index >= 15 is 0 Å². The van der Waals surface area contributed by atoms with Gasteiger partial charge in [-0.2, -0.15) is 0 Å². The van der Waals surface area contributed by atoms with Gasteiger partial charge in [-0.05, 0) is 48.7 Å². The van der Waals surface area contributed by atoms with Gasteiger partial charge in [0.25, 0.3) is 5.91 Å². The number of nitrogens with one attached hydrogen (secondary N) is 1. The maximum absolute atomic E-state index is 12.2. The summed E-state index contributed by atoms with van der Waals surface area (Å²) < 4.78 is 0. The Morgan fingerprint density at radius 3 is 2.80 bits per heavy atom. The van der Waals surface area contributed by atoms with Crippen LogP contribution in [0.3, 0.4) is 0 Å². The summed E-state index contributed by atoms with van der Waals surface area (Å²) in [6.45, 7) is 4.50. The Labute approximate surface area is 119 Å². The fourth-order valence-corrected chi connectivity index (χ4v) is 2.06. The fraction of sp³-hybridized carbons (Fsp3) is 0.250. The average Bonchev–Trinajstić information content (AvgIpc) is 2.49. The normalized spacial score (nSPS) is 10.3. The molecule has 2 aromatic rings. The average molecular weight is 269 g/mol. The van der Waals surface area contributed by atoms with Crippen molar-refractivity contribution in [2.45, 2.75) is 26.8 Å². The van der Waals surface area contributed by atoms with Crippen molar-refractivity contribution in [1.29, 1.82) is 0 Å². The standard InChI is InChI=1S/C16H19N3O/c1-3-12-8-14(5-4-11(12)2)19-16(20)13-6-7-18-15(9-13)10-17/h4-9H,3,10,17H2,1-2H3,(H,19,20). The van der Waals surface area contributed by atoms with Crippen LogP contribution in [0.5, 0.6) is 0 Å². The maximum atomic E-state index is 12.2. The molecule has 0 radical (unpaired) electrons. The molecule has 0 bridgehead atoms. The molecule has 0 aliphatic rings. The van der Waals surface area contributed by atoms with E-state index in [1.54, 1.807) is 18.3 Å². The molecule has 0 aliphatic carbocycles. The number of pyridine rings is 1. The highest BCUT2D eigenvalue weighted by molar-refractivity contribution is 6.04. The van der Waals surface area contributed by atoms with Crippen LogP contribution in [0.2, 0.25) is 0 Å². The number of carbonyl (C=O) groups excluding carboxylic acids is 1. The highest BCUT2D eigenvalue weighted by Crippen LogP contribution is 2.16. The molecule has 2 rings (SSSR count). The number of aromatic nitrogens is 1. The Morgan fingerprint density at radius 2 is 2.10 bits per heavy atom. The molecule has 3 N–H and O–H groups in total. The topological polar surface area (TPSA) is 68.0 Å². The lowest BCUT2D eigenvalue weighted by molar-refractivity contribution is 0.102. The van der Waals surface area contributed by atoms with Crippen LogP contribution in [0.15, 0.2) is 36.5 Å². The molecule has 104 valence electrons. The number of carbonyl (C=O) groups is 1. The number of hydrogen-bond acceptors (Lipinski definition) is 3. The summed E-state index contributed by atoms with van der Waals surface area (Å²) in [6, 6.07) is 9.34. The lowest BCUT2D eigenvalue weighted by Crippen LogP contribution is -2.13. The Hall–Kier alpha value is -2.20. The molecule has 0 unspecified atom stereocenters. The van der Waals surface area contributed by atoms with E-state index < -0.39 is 0 Å². The molecular weight excluding hydrogens is 250 g/mol. The van der Waals surface area contributed by atoms with E-state index in [4.69, 9.17) is 5.73 Å². The molecule has 0 spiro atoms. The predicted octanol–water partition coefficient (Wildman–Crippen LogP) is 2.66. The summed E-state index contributed by atoms with van der Waals surface area (Å²) in [6.07, 6.45) is 2.55. The number of nitrogens with two attached hydrogens (primary N) is 1. The van der Waals surface area contributed by atoms with E-state index in [-0.39, 0.29) is 5.91 Å². The molecule has 1 aromatic heterocycles. The van der Waals surface area contributed by atoms with Crippen molar-refractivity contribution in [2.75, 3.05) is 5.32 Å². The first-order chi connectivity index (χ1) is 9.63. The molecule has 4 heteroatoms. The van der Waals surface area contributed by atoms with E-state index in [9.17, 15) is 4.79 Å². The first-order valence-corrected chi connectivity index (χ1v) is 6.70. The van der Waals surface area contributed by atoms with Gasteiger partial charge in [-0.15, -0.1) is 0 Å². The van der Waals surface area contributed by atoms with Crippen molar-refractivity contribution >= 4 is 11.6 Å². The van der Waals surface area contributed by atoms with Crippen LogP contribution in [0.4, 0.5) is 5.69 Å². The van der Waals surface area contributed by atoms with Gasteiger partial charge in [0.15, 0.2) is 0 Å². The van der Waals surface area contributed by atoms with E-state index in [0.717, 1.165) is 12.1 Å². The van der Waals surface area contributed by atoms with Crippen LogP contribution in [0.25, 0.3) is 0 Å². The van der Waals surface area contributed by atoms with Crippen LogP contribution in [-0.4, -0.2) is 10.9 Å². The van der Waals surface area contributed by atoms with Crippen molar-refractivity contribution in [2.24, 2.45) is 5.73 Å². The molecule has 1 amide bonds. The first kappa shape index (κ1) is 14.2. The number of amides is 1. The van der Waals surface area contributed by atoms with Gasteiger partial charge in [0.05, 0.1) is 5.69 Å². The third-order valence-electron chi connectivity index (χ3n) is 3.28. The van der Waals surface area contributed by atoms with Crippen molar-refractivity contribution in [3.63, 3.8) is 0 Å². The number of rotatable bonds is 4.